The van der Waals surface area contributed by atoms with Crippen LogP contribution in [0.4, 0.5) is 23.5 Å². The van der Waals surface area contributed by atoms with Crippen LogP contribution >= 0.6 is 0 Å². The summed E-state index contributed by atoms with van der Waals surface area (Å²) in [6.45, 7) is 3.17. The minimum Gasteiger partial charge on any atom is -0.354 e. The van der Waals surface area contributed by atoms with Gasteiger partial charge in [-0.15, -0.1) is 0 Å². The summed E-state index contributed by atoms with van der Waals surface area (Å²) >= 11 is 0. The van der Waals surface area contributed by atoms with Crippen LogP contribution in [0.3, 0.4) is 0 Å². The van der Waals surface area contributed by atoms with E-state index in [2.05, 4.69) is 50.7 Å². The first kappa shape index (κ1) is 45.1. The molecule has 3 aliphatic rings. The van der Waals surface area contributed by atoms with Crippen LogP contribution < -0.4 is 16.0 Å². The quantitative estimate of drug-likeness (QED) is 0.0510. The van der Waals surface area contributed by atoms with E-state index < -0.39 is 11.8 Å². The van der Waals surface area contributed by atoms with Crippen molar-refractivity contribution in [3.05, 3.63) is 126 Å². The number of carbonyl (C=O) groups is 2. The molecule has 0 fully saturated rings. The fraction of sp³-hybridized carbons (Fsp3) is 0.204. The summed E-state index contributed by atoms with van der Waals surface area (Å²) in [6, 6.07) is 34.6. The molecule has 8 bridgehead atoms. The Morgan fingerprint density at radius 2 is 0.904 bits per heavy atom. The molecule has 0 unspecified atom stereocenters. The summed E-state index contributed by atoms with van der Waals surface area (Å²) in [7, 11) is 8.14. The molecule has 5 N–H and O–H groups in total. The van der Waals surface area contributed by atoms with Crippen LogP contribution in [0.15, 0.2) is 109 Å². The van der Waals surface area contributed by atoms with Crippen molar-refractivity contribution >= 4 is 79.5 Å². The lowest BCUT2D eigenvalue weighted by Crippen LogP contribution is -2.29. The second kappa shape index (κ2) is 18.6. The van der Waals surface area contributed by atoms with Crippen molar-refractivity contribution in [3.63, 3.8) is 0 Å². The Bertz CT molecular complexity index is 3820. The van der Waals surface area contributed by atoms with Crippen molar-refractivity contribution in [2.75, 3.05) is 70.3 Å². The lowest BCUT2D eigenvalue weighted by atomic mass is 10.1. The minimum atomic E-state index is -0.418. The highest BCUT2D eigenvalue weighted by atomic mass is 16.2. The van der Waals surface area contributed by atoms with Crippen molar-refractivity contribution in [1.29, 1.82) is 0 Å². The Labute approximate surface area is 418 Å². The zero-order valence-electron chi connectivity index (χ0n) is 40.5. The fourth-order valence-electron chi connectivity index (χ4n) is 9.39. The zero-order valence-corrected chi connectivity index (χ0v) is 40.5. The van der Waals surface area contributed by atoms with E-state index in [4.69, 9.17) is 29.9 Å². The minimum absolute atomic E-state index is 0.00767. The average molecular weight is 968 g/mol. The van der Waals surface area contributed by atoms with Crippen molar-refractivity contribution in [2.45, 2.75) is 19.4 Å². The number of anilines is 4. The molecule has 362 valence electrons. The van der Waals surface area contributed by atoms with Gasteiger partial charge in [-0.05, 0) is 84.0 Å². The van der Waals surface area contributed by atoms with E-state index >= 15 is 0 Å². The van der Waals surface area contributed by atoms with Gasteiger partial charge in [-0.25, -0.2) is 29.9 Å². The van der Waals surface area contributed by atoms with Crippen molar-refractivity contribution in [2.24, 2.45) is 0 Å². The molecule has 73 heavy (non-hydrogen) atoms. The fourth-order valence-corrected chi connectivity index (χ4v) is 9.39. The summed E-state index contributed by atoms with van der Waals surface area (Å²) in [5, 5.41) is 13.1. The number of imide groups is 1. The Kier molecular flexibility index (Phi) is 11.5. The third-order valence-electron chi connectivity index (χ3n) is 13.0. The molecule has 19 nitrogen and oxygen atoms in total. The summed E-state index contributed by atoms with van der Waals surface area (Å²) in [6.07, 6.45) is 1.79. The van der Waals surface area contributed by atoms with Gasteiger partial charge in [-0.3, -0.25) is 14.5 Å². The van der Waals surface area contributed by atoms with Crippen molar-refractivity contribution < 1.29 is 9.59 Å². The smallest absolute Gasteiger partial charge is 0.261 e. The van der Waals surface area contributed by atoms with Crippen LogP contribution in [-0.2, 0) is 6.54 Å². The van der Waals surface area contributed by atoms with Gasteiger partial charge in [0.15, 0.2) is 23.3 Å². The Morgan fingerprint density at radius 3 is 1.41 bits per heavy atom. The van der Waals surface area contributed by atoms with Gasteiger partial charge < -0.3 is 35.7 Å². The maximum atomic E-state index is 14.3. The first-order valence-corrected chi connectivity index (χ1v) is 24.1. The number of H-pyrrole nitrogens is 2. The van der Waals surface area contributed by atoms with Crippen molar-refractivity contribution in [3.8, 4) is 45.6 Å². The number of hydrogen-bond donors (Lipinski definition) is 5. The van der Waals surface area contributed by atoms with Crippen LogP contribution in [0, 0.1) is 0 Å². The predicted molar refractivity (Wildman–Crippen MR) is 283 cm³/mol. The molecule has 19 heteroatoms. The number of nitrogens with one attached hydrogen (secondary N) is 5. The highest BCUT2D eigenvalue weighted by molar-refractivity contribution is 6.21. The number of benzene rings is 5. The van der Waals surface area contributed by atoms with Gasteiger partial charge in [0.05, 0.1) is 17.7 Å². The summed E-state index contributed by atoms with van der Waals surface area (Å²) < 4.78 is 0. The molecule has 2 amide bonds. The largest absolute Gasteiger partial charge is 0.354 e. The third-order valence-corrected chi connectivity index (χ3v) is 13.0. The molecule has 0 spiro atoms. The van der Waals surface area contributed by atoms with Crippen molar-refractivity contribution in [1.82, 2.24) is 69.5 Å². The molecular formula is C54H49N17O2. The molecule has 0 atom stereocenters. The predicted octanol–water partition coefficient (Wildman–Crippen LogP) is 8.32. The van der Waals surface area contributed by atoms with E-state index in [9.17, 15) is 9.59 Å². The SMILES string of the molecule is CN(C)CCCNc1nc(NCCCN(C)C)nc(Nc2ccc3c(c2)C(=O)N(Cc2ccc4c5nc6nc(nc7[nH]c(nc8nc(nc([nH]5)c4c2)-c2ccccc2-8)c2ccccc72)-c2ccccc2-6)C3=O)n1. The van der Waals surface area contributed by atoms with E-state index in [-0.39, 0.29) is 12.1 Å². The van der Waals surface area contributed by atoms with Gasteiger partial charge in [0.25, 0.3) is 11.8 Å². The van der Waals surface area contributed by atoms with E-state index in [1.165, 1.54) is 4.90 Å². The number of fused-ring (bicyclic) bond motifs is 21. The molecule has 0 radical (unpaired) electrons. The normalized spacial score (nSPS) is 12.8. The zero-order chi connectivity index (χ0) is 49.7. The monoisotopic (exact) mass is 967 g/mol. The Balaban J connectivity index is 0.900. The standard InChI is InChI=1S/C54H49N17O2/c1-69(2)25-11-23-55-52-66-53(56-24-12-26-70(3)4)68-54(67-52)57-31-20-22-39-41(28-31)51(73)71(50(39)72)29-30-19-21-38-40(27-30)49-64-47-37-18-10-9-17-36(37)45(62-47)60-43-33-14-6-5-13-32(33)42(58-43)59-44-34-15-7-8-16-35(34)46(61-44)63-48(38)65-49/h5-10,13-22,27-28H,11-12,23-26,29H2,1-4H3,(H3,55,56,57,66,67,68)(H2,58,59,60,61,62,63,64,65). The number of carbonyl (C=O) groups excluding carboxylic acids is 2. The molecule has 5 aromatic carbocycles. The van der Waals surface area contributed by atoms with Gasteiger partial charge in [0, 0.05) is 62.6 Å². The number of rotatable bonds is 14. The molecule has 0 saturated carbocycles. The molecule has 9 aromatic rings. The first-order chi connectivity index (χ1) is 35.6. The van der Waals surface area contributed by atoms with E-state index in [1.54, 1.807) is 18.2 Å². The van der Waals surface area contributed by atoms with Gasteiger partial charge in [-0.2, -0.15) is 15.0 Å². The van der Waals surface area contributed by atoms with E-state index in [1.807, 2.05) is 119 Å². The number of hydrogen-bond acceptors (Lipinski definition) is 16. The van der Waals surface area contributed by atoms with Gasteiger partial charge in [0.2, 0.25) is 17.8 Å². The second-order valence-electron chi connectivity index (χ2n) is 18.7. The number of amides is 2. The highest BCUT2D eigenvalue weighted by Crippen LogP contribution is 2.37. The van der Waals surface area contributed by atoms with Crippen LogP contribution in [0.25, 0.3) is 89.7 Å². The maximum Gasteiger partial charge on any atom is 0.261 e. The van der Waals surface area contributed by atoms with Crippen LogP contribution in [0.2, 0.25) is 0 Å². The molecule has 3 aliphatic heterocycles. The number of nitrogens with zero attached hydrogens (tertiary/aromatic N) is 12. The Morgan fingerprint density at radius 1 is 0.452 bits per heavy atom. The second-order valence-corrected chi connectivity index (χ2v) is 18.7. The third kappa shape index (κ3) is 8.69. The van der Waals surface area contributed by atoms with Crippen LogP contribution in [-0.4, -0.2) is 136 Å². The van der Waals surface area contributed by atoms with Crippen LogP contribution in [0.5, 0.6) is 0 Å². The molecule has 4 aromatic heterocycles. The topological polar surface area (TPSA) is 228 Å². The van der Waals surface area contributed by atoms with E-state index in [0.29, 0.717) is 99.0 Å². The van der Waals surface area contributed by atoms with Gasteiger partial charge in [-0.1, -0.05) is 84.9 Å². The first-order valence-electron chi connectivity index (χ1n) is 24.1. The summed E-state index contributed by atoms with van der Waals surface area (Å²) in [4.78, 5) is 85.2. The molecule has 0 aliphatic carbocycles. The summed E-state index contributed by atoms with van der Waals surface area (Å²) in [5.41, 5.74) is 7.39. The average Bonchev–Trinajstić information content (AvgIpc) is 4.17. The molecule has 12 rings (SSSR count). The lowest BCUT2D eigenvalue weighted by molar-refractivity contribution is 0.0642. The number of aromatic amines is 2. The maximum absolute atomic E-state index is 14.3. The molecule has 7 heterocycles. The molecular weight excluding hydrogens is 919 g/mol. The summed E-state index contributed by atoms with van der Waals surface area (Å²) in [5.74, 6) is 2.28. The van der Waals surface area contributed by atoms with Gasteiger partial charge in [0.1, 0.15) is 22.6 Å². The van der Waals surface area contributed by atoms with Gasteiger partial charge >= 0.3 is 0 Å². The lowest BCUT2D eigenvalue weighted by Gasteiger charge is -2.14. The van der Waals surface area contributed by atoms with Crippen LogP contribution in [0.1, 0.15) is 39.1 Å². The van der Waals surface area contributed by atoms with E-state index in [0.717, 1.165) is 64.3 Å². The highest BCUT2D eigenvalue weighted by Gasteiger charge is 2.36. The number of aromatic nitrogens is 11. The Hall–Kier alpha value is -9.07. The molecule has 0 saturated heterocycles.